The number of sulfonamides is 1. The van der Waals surface area contributed by atoms with Gasteiger partial charge in [0.15, 0.2) is 0 Å². The lowest BCUT2D eigenvalue weighted by Gasteiger charge is -2.15. The fourth-order valence-electron chi connectivity index (χ4n) is 1.82. The van der Waals surface area contributed by atoms with Crippen LogP contribution in [0.3, 0.4) is 0 Å². The number of nitrogens with zero attached hydrogens (tertiary/aromatic N) is 2. The zero-order valence-corrected chi connectivity index (χ0v) is 12.4. The molecular weight excluding hydrogens is 305 g/mol. The van der Waals surface area contributed by atoms with Gasteiger partial charge in [0.2, 0.25) is 10.0 Å². The zero-order valence-electron chi connectivity index (χ0n) is 10.8. The summed E-state index contributed by atoms with van der Waals surface area (Å²) in [6, 6.07) is 3.41. The van der Waals surface area contributed by atoms with E-state index in [9.17, 15) is 12.8 Å². The molecule has 8 heteroatoms. The third-order valence-electron chi connectivity index (χ3n) is 2.76. The maximum Gasteiger partial charge on any atom is 0.244 e. The highest BCUT2D eigenvalue weighted by Crippen LogP contribution is 2.26. The minimum Gasteiger partial charge on any atom is -0.274 e. The van der Waals surface area contributed by atoms with E-state index in [0.29, 0.717) is 0 Å². The number of benzene rings is 1. The van der Waals surface area contributed by atoms with Crippen molar-refractivity contribution in [1.29, 1.82) is 0 Å². The fraction of sp³-hybridized carbons (Fsp3) is 0.250. The number of aryl methyl sites for hydroxylation is 1. The van der Waals surface area contributed by atoms with Gasteiger partial charge >= 0.3 is 0 Å². The normalized spacial score (nSPS) is 13.4. The standard InChI is InChI=1S/C12H13ClFN3O2S/c1-8(12-10(13)4-3-5-11(12)14)16-20(18,19)9-6-15-17(2)7-9/h3-8,16H,1-2H3/t8-/m0/s1. The van der Waals surface area contributed by atoms with Gasteiger partial charge in [-0.3, -0.25) is 4.68 Å². The van der Waals surface area contributed by atoms with Crippen molar-refractivity contribution in [3.8, 4) is 0 Å². The molecule has 0 bridgehead atoms. The van der Waals surface area contributed by atoms with Crippen molar-refractivity contribution in [1.82, 2.24) is 14.5 Å². The number of rotatable bonds is 4. The molecule has 0 saturated heterocycles. The Balaban J connectivity index is 2.30. The molecule has 0 saturated carbocycles. The minimum atomic E-state index is -3.78. The third-order valence-corrected chi connectivity index (χ3v) is 4.58. The highest BCUT2D eigenvalue weighted by atomic mass is 35.5. The van der Waals surface area contributed by atoms with Crippen LogP contribution in [0.4, 0.5) is 4.39 Å². The first-order valence-electron chi connectivity index (χ1n) is 5.76. The van der Waals surface area contributed by atoms with Gasteiger partial charge in [0, 0.05) is 29.9 Å². The molecule has 2 aromatic rings. The predicted molar refractivity (Wildman–Crippen MR) is 73.4 cm³/mol. The van der Waals surface area contributed by atoms with Gasteiger partial charge in [0.1, 0.15) is 10.7 Å². The Morgan fingerprint density at radius 3 is 2.70 bits per heavy atom. The largest absolute Gasteiger partial charge is 0.274 e. The average Bonchev–Trinajstić information content (AvgIpc) is 2.75. The van der Waals surface area contributed by atoms with Gasteiger partial charge < -0.3 is 0 Å². The summed E-state index contributed by atoms with van der Waals surface area (Å²) in [4.78, 5) is 0.0133. The van der Waals surface area contributed by atoms with Crippen LogP contribution in [0.5, 0.6) is 0 Å². The molecule has 108 valence electrons. The summed E-state index contributed by atoms with van der Waals surface area (Å²) < 4.78 is 41.7. The van der Waals surface area contributed by atoms with Gasteiger partial charge in [-0.1, -0.05) is 17.7 Å². The van der Waals surface area contributed by atoms with Crippen LogP contribution in [0.25, 0.3) is 0 Å². The molecule has 1 atom stereocenters. The summed E-state index contributed by atoms with van der Waals surface area (Å²) >= 11 is 5.91. The van der Waals surface area contributed by atoms with E-state index in [1.807, 2.05) is 0 Å². The lowest BCUT2D eigenvalue weighted by atomic mass is 10.1. The lowest BCUT2D eigenvalue weighted by molar-refractivity contribution is 0.550. The van der Waals surface area contributed by atoms with Crippen molar-refractivity contribution in [3.63, 3.8) is 0 Å². The van der Waals surface area contributed by atoms with Crippen molar-refractivity contribution in [2.45, 2.75) is 17.9 Å². The van der Waals surface area contributed by atoms with Crippen molar-refractivity contribution in [2.24, 2.45) is 7.05 Å². The molecule has 0 fully saturated rings. The first-order chi connectivity index (χ1) is 9.31. The molecule has 0 aliphatic carbocycles. The van der Waals surface area contributed by atoms with Crippen LogP contribution in [-0.4, -0.2) is 18.2 Å². The number of aromatic nitrogens is 2. The Labute approximate surface area is 121 Å². The molecule has 0 spiro atoms. The summed E-state index contributed by atoms with van der Waals surface area (Å²) in [6.07, 6.45) is 2.58. The number of nitrogens with one attached hydrogen (secondary N) is 1. The molecule has 1 aromatic carbocycles. The smallest absolute Gasteiger partial charge is 0.244 e. The van der Waals surface area contributed by atoms with E-state index in [1.54, 1.807) is 7.05 Å². The SMILES string of the molecule is C[C@H](NS(=O)(=O)c1cnn(C)c1)c1c(F)cccc1Cl. The van der Waals surface area contributed by atoms with Crippen molar-refractivity contribution >= 4 is 21.6 Å². The van der Waals surface area contributed by atoms with Gasteiger partial charge in [-0.05, 0) is 19.1 Å². The molecular formula is C12H13ClFN3O2S. The van der Waals surface area contributed by atoms with Crippen LogP contribution in [0.2, 0.25) is 5.02 Å². The first-order valence-corrected chi connectivity index (χ1v) is 7.62. The van der Waals surface area contributed by atoms with Crippen molar-refractivity contribution in [2.75, 3.05) is 0 Å². The molecule has 0 radical (unpaired) electrons. The molecule has 0 unspecified atom stereocenters. The van der Waals surface area contributed by atoms with E-state index in [2.05, 4.69) is 9.82 Å². The van der Waals surface area contributed by atoms with Gasteiger partial charge in [-0.2, -0.15) is 5.10 Å². The van der Waals surface area contributed by atoms with Gasteiger partial charge in [-0.15, -0.1) is 0 Å². The Hall–Kier alpha value is -1.44. The molecule has 5 nitrogen and oxygen atoms in total. The van der Waals surface area contributed by atoms with Gasteiger partial charge in [-0.25, -0.2) is 17.5 Å². The molecule has 1 aromatic heterocycles. The van der Waals surface area contributed by atoms with Crippen LogP contribution < -0.4 is 4.72 Å². The van der Waals surface area contributed by atoms with E-state index in [-0.39, 0.29) is 15.5 Å². The monoisotopic (exact) mass is 317 g/mol. The summed E-state index contributed by atoms with van der Waals surface area (Å²) in [6.45, 7) is 1.53. The summed E-state index contributed by atoms with van der Waals surface area (Å²) in [5.41, 5.74) is 0.113. The van der Waals surface area contributed by atoms with Crippen LogP contribution in [0.15, 0.2) is 35.5 Å². The van der Waals surface area contributed by atoms with Crippen LogP contribution in [0, 0.1) is 5.82 Å². The predicted octanol–water partition coefficient (Wildman–Crippen LogP) is 2.25. The second kappa shape index (κ2) is 5.51. The number of halogens is 2. The topological polar surface area (TPSA) is 64.0 Å². The highest BCUT2D eigenvalue weighted by molar-refractivity contribution is 7.89. The average molecular weight is 318 g/mol. The second-order valence-electron chi connectivity index (χ2n) is 4.33. The Morgan fingerprint density at radius 2 is 2.15 bits per heavy atom. The third kappa shape index (κ3) is 3.00. The molecule has 0 aliphatic heterocycles. The van der Waals surface area contributed by atoms with E-state index in [4.69, 9.17) is 11.6 Å². The van der Waals surface area contributed by atoms with Gasteiger partial charge in [0.25, 0.3) is 0 Å². The Kier molecular flexibility index (Phi) is 4.12. The van der Waals surface area contributed by atoms with Crippen molar-refractivity contribution in [3.05, 3.63) is 47.0 Å². The molecule has 20 heavy (non-hydrogen) atoms. The van der Waals surface area contributed by atoms with Crippen LogP contribution in [0.1, 0.15) is 18.5 Å². The Bertz CT molecular complexity index is 710. The molecule has 1 N–H and O–H groups in total. The first kappa shape index (κ1) is 15.0. The van der Waals surface area contributed by atoms with E-state index < -0.39 is 21.9 Å². The highest BCUT2D eigenvalue weighted by Gasteiger charge is 2.23. The Morgan fingerprint density at radius 1 is 1.45 bits per heavy atom. The quantitative estimate of drug-likeness (QED) is 0.940. The molecule has 2 rings (SSSR count). The van der Waals surface area contributed by atoms with E-state index in [0.717, 1.165) is 0 Å². The maximum absolute atomic E-state index is 13.7. The maximum atomic E-state index is 13.7. The molecule has 0 aliphatic rings. The number of hydrogen-bond acceptors (Lipinski definition) is 3. The lowest BCUT2D eigenvalue weighted by Crippen LogP contribution is -2.27. The zero-order chi connectivity index (χ0) is 14.9. The van der Waals surface area contributed by atoms with Crippen molar-refractivity contribution < 1.29 is 12.8 Å². The summed E-state index contributed by atoms with van der Waals surface area (Å²) in [5.74, 6) is -0.557. The minimum absolute atomic E-state index is 0.0133. The van der Waals surface area contributed by atoms with Crippen LogP contribution in [-0.2, 0) is 17.1 Å². The molecule has 0 amide bonds. The molecule has 1 heterocycles. The van der Waals surface area contributed by atoms with E-state index >= 15 is 0 Å². The van der Waals surface area contributed by atoms with Crippen LogP contribution >= 0.6 is 11.6 Å². The van der Waals surface area contributed by atoms with E-state index in [1.165, 1.54) is 42.2 Å². The van der Waals surface area contributed by atoms with Gasteiger partial charge in [0.05, 0.1) is 6.20 Å². The number of hydrogen-bond donors (Lipinski definition) is 1. The fourth-order valence-corrected chi connectivity index (χ4v) is 3.34. The summed E-state index contributed by atoms with van der Waals surface area (Å²) in [5, 5.41) is 3.97. The summed E-state index contributed by atoms with van der Waals surface area (Å²) in [7, 11) is -2.17. The second-order valence-corrected chi connectivity index (χ2v) is 6.45.